The van der Waals surface area contributed by atoms with Crippen LogP contribution in [0.25, 0.3) is 0 Å². The molecule has 0 aliphatic rings. The highest BCUT2D eigenvalue weighted by Gasteiger charge is 2.19. The summed E-state index contributed by atoms with van der Waals surface area (Å²) in [6.07, 6.45) is 30.6. The van der Waals surface area contributed by atoms with E-state index in [4.69, 9.17) is 18.9 Å². The van der Waals surface area contributed by atoms with Crippen molar-refractivity contribution in [3.63, 3.8) is 0 Å². The minimum atomic E-state index is -0.425. The number of carbonyl (C=O) groups excluding carboxylic acids is 2. The van der Waals surface area contributed by atoms with Crippen LogP contribution in [0, 0.1) is 0 Å². The van der Waals surface area contributed by atoms with E-state index in [2.05, 4.69) is 31.3 Å². The van der Waals surface area contributed by atoms with Gasteiger partial charge in [0, 0.05) is 5.56 Å². The van der Waals surface area contributed by atoms with E-state index < -0.39 is 5.97 Å². The Hall–Kier alpha value is -4.33. The van der Waals surface area contributed by atoms with Gasteiger partial charge < -0.3 is 18.9 Å². The standard InChI is InChI=1S/C51H76N2O6/c1-4-7-10-13-16-19-22-28-37-56-47-40-45(50(54)53-52-42-43-33-35-46(36-34-43)59-51(55)44-31-26-25-27-32-44)41-48(57-38-29-23-20-17-14-11-8-5-2)49(47)58-39-30-24-21-18-15-12-9-6-3/h25-27,31-36,40-42H,4-24,28-30,37-39H2,1-3H3,(H,53,54)/b52-42+. The number of benzene rings is 3. The highest BCUT2D eigenvalue weighted by atomic mass is 16.5. The highest BCUT2D eigenvalue weighted by Crippen LogP contribution is 2.40. The van der Waals surface area contributed by atoms with E-state index in [0.29, 0.717) is 53.9 Å². The fraction of sp³-hybridized carbons (Fsp3) is 0.588. The zero-order chi connectivity index (χ0) is 42.0. The van der Waals surface area contributed by atoms with E-state index in [9.17, 15) is 9.59 Å². The summed E-state index contributed by atoms with van der Waals surface area (Å²) in [7, 11) is 0. The number of rotatable bonds is 35. The molecular formula is C51H76N2O6. The molecule has 0 spiro atoms. The second-order valence-electron chi connectivity index (χ2n) is 15.8. The summed E-state index contributed by atoms with van der Waals surface area (Å²) in [4.78, 5) is 26.0. The summed E-state index contributed by atoms with van der Waals surface area (Å²) in [5, 5.41) is 4.24. The van der Waals surface area contributed by atoms with Crippen LogP contribution in [-0.2, 0) is 0 Å². The first-order valence-corrected chi connectivity index (χ1v) is 23.3. The van der Waals surface area contributed by atoms with E-state index in [1.54, 1.807) is 66.9 Å². The maximum absolute atomic E-state index is 13.6. The summed E-state index contributed by atoms with van der Waals surface area (Å²) in [6.45, 7) is 8.40. The number of carbonyl (C=O) groups is 2. The Morgan fingerprint density at radius 1 is 0.508 bits per heavy atom. The Morgan fingerprint density at radius 2 is 0.932 bits per heavy atom. The van der Waals surface area contributed by atoms with Gasteiger partial charge in [-0.1, -0.05) is 174 Å². The van der Waals surface area contributed by atoms with E-state index >= 15 is 0 Å². The zero-order valence-corrected chi connectivity index (χ0v) is 36.9. The van der Waals surface area contributed by atoms with Gasteiger partial charge in [0.2, 0.25) is 5.75 Å². The number of unbranched alkanes of at least 4 members (excludes halogenated alkanes) is 21. The summed E-state index contributed by atoms with van der Waals surface area (Å²) in [6, 6.07) is 19.3. The third-order valence-electron chi connectivity index (χ3n) is 10.5. The van der Waals surface area contributed by atoms with Crippen LogP contribution in [-0.4, -0.2) is 37.9 Å². The van der Waals surface area contributed by atoms with Crippen LogP contribution in [0.2, 0.25) is 0 Å². The average molecular weight is 813 g/mol. The van der Waals surface area contributed by atoms with Gasteiger partial charge in [-0.25, -0.2) is 10.2 Å². The molecule has 1 amide bonds. The van der Waals surface area contributed by atoms with Crippen LogP contribution in [0.4, 0.5) is 0 Å². The van der Waals surface area contributed by atoms with Gasteiger partial charge in [-0.05, 0) is 73.4 Å². The third-order valence-corrected chi connectivity index (χ3v) is 10.5. The molecule has 1 N–H and O–H groups in total. The van der Waals surface area contributed by atoms with Crippen molar-refractivity contribution in [1.29, 1.82) is 0 Å². The lowest BCUT2D eigenvalue weighted by molar-refractivity contribution is 0.0734. The fourth-order valence-electron chi connectivity index (χ4n) is 6.90. The van der Waals surface area contributed by atoms with Crippen molar-refractivity contribution in [2.45, 2.75) is 175 Å². The number of hydrazone groups is 1. The van der Waals surface area contributed by atoms with Gasteiger partial charge in [-0.3, -0.25) is 4.79 Å². The molecule has 0 bridgehead atoms. The number of amides is 1. The lowest BCUT2D eigenvalue weighted by atomic mass is 10.1. The van der Waals surface area contributed by atoms with Crippen LogP contribution >= 0.6 is 0 Å². The number of hydrogen-bond donors (Lipinski definition) is 1. The Bertz CT molecular complexity index is 1520. The number of nitrogens with zero attached hydrogens (tertiary/aromatic N) is 1. The molecule has 3 aromatic carbocycles. The van der Waals surface area contributed by atoms with E-state index in [1.807, 2.05) is 6.07 Å². The Kier molecular flexibility index (Phi) is 27.0. The van der Waals surface area contributed by atoms with Gasteiger partial charge in [-0.15, -0.1) is 0 Å². The van der Waals surface area contributed by atoms with Crippen LogP contribution in [0.15, 0.2) is 71.8 Å². The topological polar surface area (TPSA) is 95.5 Å². The van der Waals surface area contributed by atoms with Gasteiger partial charge in [0.1, 0.15) is 5.75 Å². The molecule has 0 radical (unpaired) electrons. The van der Waals surface area contributed by atoms with Crippen molar-refractivity contribution in [1.82, 2.24) is 5.43 Å². The van der Waals surface area contributed by atoms with Crippen molar-refractivity contribution >= 4 is 18.1 Å². The number of hydrogen-bond acceptors (Lipinski definition) is 7. The molecule has 0 fully saturated rings. The van der Waals surface area contributed by atoms with E-state index in [0.717, 1.165) is 44.1 Å². The molecule has 0 unspecified atom stereocenters. The molecule has 59 heavy (non-hydrogen) atoms. The first-order chi connectivity index (χ1) is 29.0. The van der Waals surface area contributed by atoms with Crippen LogP contribution < -0.4 is 24.4 Å². The number of nitrogens with one attached hydrogen (secondary N) is 1. The lowest BCUT2D eigenvalue weighted by Crippen LogP contribution is -2.18. The van der Waals surface area contributed by atoms with Crippen LogP contribution in [0.3, 0.4) is 0 Å². The molecule has 8 nitrogen and oxygen atoms in total. The second kappa shape index (κ2) is 32.5. The van der Waals surface area contributed by atoms with Gasteiger partial charge in [0.05, 0.1) is 31.6 Å². The molecule has 0 heterocycles. The Labute approximate surface area is 357 Å². The monoisotopic (exact) mass is 813 g/mol. The Morgan fingerprint density at radius 3 is 1.39 bits per heavy atom. The van der Waals surface area contributed by atoms with E-state index in [-0.39, 0.29) is 5.91 Å². The average Bonchev–Trinajstić information content (AvgIpc) is 3.25. The molecule has 3 rings (SSSR count). The van der Waals surface area contributed by atoms with Gasteiger partial charge in [0.15, 0.2) is 11.5 Å². The quantitative estimate of drug-likeness (QED) is 0.0209. The summed E-state index contributed by atoms with van der Waals surface area (Å²) in [5.74, 6) is 1.28. The van der Waals surface area contributed by atoms with Crippen molar-refractivity contribution in [3.05, 3.63) is 83.4 Å². The first kappa shape index (κ1) is 49.0. The molecule has 326 valence electrons. The maximum Gasteiger partial charge on any atom is 0.343 e. The second-order valence-corrected chi connectivity index (χ2v) is 15.8. The van der Waals surface area contributed by atoms with Gasteiger partial charge in [-0.2, -0.15) is 5.10 Å². The SMILES string of the molecule is CCCCCCCCCCOc1cc(C(=O)N/N=C/c2ccc(OC(=O)c3ccccc3)cc2)cc(OCCCCCCCCCC)c1OCCCCCCCCCC. The first-order valence-electron chi connectivity index (χ1n) is 23.3. The smallest absolute Gasteiger partial charge is 0.343 e. The summed E-state index contributed by atoms with van der Waals surface area (Å²) in [5.41, 5.74) is 4.28. The predicted molar refractivity (Wildman–Crippen MR) is 244 cm³/mol. The highest BCUT2D eigenvalue weighted by molar-refractivity contribution is 5.96. The summed E-state index contributed by atoms with van der Waals surface area (Å²) < 4.78 is 24.8. The predicted octanol–water partition coefficient (Wildman–Crippen LogP) is 14.2. The largest absolute Gasteiger partial charge is 0.490 e. The number of ether oxygens (including phenoxy) is 4. The van der Waals surface area contributed by atoms with Gasteiger partial charge in [0.25, 0.3) is 5.91 Å². The molecule has 0 aliphatic carbocycles. The molecule has 3 aromatic rings. The normalized spacial score (nSPS) is 11.2. The van der Waals surface area contributed by atoms with Crippen LogP contribution in [0.5, 0.6) is 23.0 Å². The molecule has 0 aliphatic heterocycles. The minimum Gasteiger partial charge on any atom is -0.490 e. The van der Waals surface area contributed by atoms with Crippen molar-refractivity contribution in [3.8, 4) is 23.0 Å². The van der Waals surface area contributed by atoms with Crippen molar-refractivity contribution in [2.24, 2.45) is 5.10 Å². The minimum absolute atomic E-state index is 0.377. The molecular weight excluding hydrogens is 737 g/mol. The Balaban J connectivity index is 1.69. The zero-order valence-electron chi connectivity index (χ0n) is 36.9. The number of esters is 1. The fourth-order valence-corrected chi connectivity index (χ4v) is 6.90. The van der Waals surface area contributed by atoms with Crippen LogP contribution in [0.1, 0.15) is 201 Å². The molecule has 0 saturated carbocycles. The molecule has 0 aromatic heterocycles. The van der Waals surface area contributed by atoms with Crippen molar-refractivity contribution in [2.75, 3.05) is 19.8 Å². The lowest BCUT2D eigenvalue weighted by Gasteiger charge is -2.19. The van der Waals surface area contributed by atoms with Crippen molar-refractivity contribution < 1.29 is 28.5 Å². The third kappa shape index (κ3) is 22.0. The molecule has 0 atom stereocenters. The van der Waals surface area contributed by atoms with E-state index in [1.165, 1.54) is 116 Å². The molecule has 8 heteroatoms. The summed E-state index contributed by atoms with van der Waals surface area (Å²) >= 11 is 0. The maximum atomic E-state index is 13.6. The molecule has 0 saturated heterocycles. The van der Waals surface area contributed by atoms with Gasteiger partial charge >= 0.3 is 5.97 Å².